The van der Waals surface area contributed by atoms with Gasteiger partial charge in [-0.15, -0.1) is 0 Å². The molecule has 0 amide bonds. The second-order valence-corrected chi connectivity index (χ2v) is 8.10. The van der Waals surface area contributed by atoms with Crippen molar-refractivity contribution in [2.75, 3.05) is 18.8 Å². The number of hydrogen-bond acceptors (Lipinski definition) is 3. The summed E-state index contributed by atoms with van der Waals surface area (Å²) < 4.78 is 27.6. The van der Waals surface area contributed by atoms with Crippen LogP contribution in [0.3, 0.4) is 0 Å². The molecule has 0 spiro atoms. The first kappa shape index (κ1) is 15.0. The van der Waals surface area contributed by atoms with Gasteiger partial charge in [-0.3, -0.25) is 0 Å². The zero-order valence-electron chi connectivity index (χ0n) is 12.3. The van der Waals surface area contributed by atoms with E-state index in [1.807, 2.05) is 6.07 Å². The summed E-state index contributed by atoms with van der Waals surface area (Å²) in [6, 6.07) is 8.41. The van der Waals surface area contributed by atoms with Crippen LogP contribution in [0, 0.1) is 5.92 Å². The first-order chi connectivity index (χ1) is 10.1. The van der Waals surface area contributed by atoms with E-state index in [0.29, 0.717) is 5.92 Å². The average molecular weight is 308 g/mol. The molecule has 21 heavy (non-hydrogen) atoms. The standard InChI is InChI=1S/C16H24N2O2S/c19-21(20,12-13-7-9-17-10-8-13)18-16-6-5-14-3-1-2-4-15(14)11-16/h1-4,13,16-18H,5-12H2. The van der Waals surface area contributed by atoms with Gasteiger partial charge in [0.05, 0.1) is 5.75 Å². The van der Waals surface area contributed by atoms with Crippen molar-refractivity contribution in [2.24, 2.45) is 5.92 Å². The summed E-state index contributed by atoms with van der Waals surface area (Å²) in [4.78, 5) is 0. The molecule has 1 saturated heterocycles. The lowest BCUT2D eigenvalue weighted by molar-refractivity contribution is 0.398. The lowest BCUT2D eigenvalue weighted by Crippen LogP contribution is -2.42. The van der Waals surface area contributed by atoms with E-state index >= 15 is 0 Å². The molecular formula is C16H24N2O2S. The summed E-state index contributed by atoms with van der Waals surface area (Å²) in [5.74, 6) is 0.590. The highest BCUT2D eigenvalue weighted by Gasteiger charge is 2.26. The molecule has 1 aromatic rings. The van der Waals surface area contributed by atoms with Crippen LogP contribution in [-0.2, 0) is 22.9 Å². The molecule has 4 nitrogen and oxygen atoms in total. The maximum atomic E-state index is 12.3. The minimum absolute atomic E-state index is 0.0617. The zero-order valence-corrected chi connectivity index (χ0v) is 13.2. The number of hydrogen-bond donors (Lipinski definition) is 2. The van der Waals surface area contributed by atoms with E-state index in [0.717, 1.165) is 45.2 Å². The molecule has 116 valence electrons. The summed E-state index contributed by atoms with van der Waals surface area (Å²) in [6.45, 7) is 1.88. The predicted octanol–water partition coefficient (Wildman–Crippen LogP) is 1.46. The van der Waals surface area contributed by atoms with Gasteiger partial charge in [0.1, 0.15) is 0 Å². The normalized spacial score (nSPS) is 23.7. The van der Waals surface area contributed by atoms with Gasteiger partial charge in [-0.2, -0.15) is 0 Å². The zero-order chi connectivity index (χ0) is 14.7. The minimum Gasteiger partial charge on any atom is -0.317 e. The number of benzene rings is 1. The Bertz CT molecular complexity index is 580. The van der Waals surface area contributed by atoms with Crippen LogP contribution in [0.25, 0.3) is 0 Å². The highest BCUT2D eigenvalue weighted by molar-refractivity contribution is 7.89. The van der Waals surface area contributed by atoms with Crippen molar-refractivity contribution in [3.63, 3.8) is 0 Å². The second-order valence-electron chi connectivity index (χ2n) is 6.30. The summed E-state index contributed by atoms with van der Waals surface area (Å²) >= 11 is 0. The summed E-state index contributed by atoms with van der Waals surface area (Å²) in [5.41, 5.74) is 2.66. The topological polar surface area (TPSA) is 58.2 Å². The number of fused-ring (bicyclic) bond motifs is 1. The molecule has 3 rings (SSSR count). The van der Waals surface area contributed by atoms with E-state index in [1.54, 1.807) is 0 Å². The number of rotatable bonds is 4. The van der Waals surface area contributed by atoms with Crippen molar-refractivity contribution < 1.29 is 8.42 Å². The van der Waals surface area contributed by atoms with Gasteiger partial charge >= 0.3 is 0 Å². The Kier molecular flexibility index (Phi) is 4.62. The first-order valence-electron chi connectivity index (χ1n) is 7.90. The Balaban J connectivity index is 1.58. The molecule has 5 heteroatoms. The second kappa shape index (κ2) is 6.46. The fourth-order valence-corrected chi connectivity index (χ4v) is 5.22. The monoisotopic (exact) mass is 308 g/mol. The SMILES string of the molecule is O=S(=O)(CC1CCNCC1)NC1CCc2ccccc2C1. The van der Waals surface area contributed by atoms with Crippen LogP contribution >= 0.6 is 0 Å². The molecule has 1 fully saturated rings. The molecule has 0 saturated carbocycles. The van der Waals surface area contributed by atoms with Crippen molar-refractivity contribution >= 4 is 10.0 Å². The van der Waals surface area contributed by atoms with E-state index in [1.165, 1.54) is 11.1 Å². The summed E-state index contributed by atoms with van der Waals surface area (Å²) in [7, 11) is -3.16. The third-order valence-corrected chi connectivity index (χ3v) is 6.21. The fourth-order valence-electron chi connectivity index (χ4n) is 3.46. The lowest BCUT2D eigenvalue weighted by Gasteiger charge is -2.27. The van der Waals surface area contributed by atoms with Crippen LogP contribution in [0.4, 0.5) is 0 Å². The molecule has 0 bridgehead atoms. The Morgan fingerprint density at radius 3 is 2.57 bits per heavy atom. The van der Waals surface area contributed by atoms with Gasteiger partial charge in [0.2, 0.25) is 10.0 Å². The quantitative estimate of drug-likeness (QED) is 0.885. The van der Waals surface area contributed by atoms with Crippen LogP contribution in [-0.4, -0.2) is 33.3 Å². The van der Waals surface area contributed by atoms with Crippen molar-refractivity contribution in [3.8, 4) is 0 Å². The van der Waals surface area contributed by atoms with Gasteiger partial charge in [-0.25, -0.2) is 13.1 Å². The summed E-state index contributed by atoms with van der Waals surface area (Å²) in [5, 5.41) is 3.28. The molecule has 0 radical (unpaired) electrons. The van der Waals surface area contributed by atoms with Gasteiger partial charge < -0.3 is 5.32 Å². The van der Waals surface area contributed by atoms with Crippen LogP contribution in [0.5, 0.6) is 0 Å². The summed E-state index contributed by atoms with van der Waals surface area (Å²) in [6.07, 6.45) is 4.63. The van der Waals surface area contributed by atoms with Crippen molar-refractivity contribution in [2.45, 2.75) is 38.1 Å². The van der Waals surface area contributed by atoms with Crippen LogP contribution in [0.15, 0.2) is 24.3 Å². The third kappa shape index (κ3) is 4.05. The Labute approximate surface area is 127 Å². The number of nitrogens with one attached hydrogen (secondary N) is 2. The van der Waals surface area contributed by atoms with Gasteiger partial charge in [0, 0.05) is 6.04 Å². The number of sulfonamides is 1. The molecule has 2 N–H and O–H groups in total. The van der Waals surface area contributed by atoms with E-state index in [9.17, 15) is 8.42 Å². The average Bonchev–Trinajstić information content (AvgIpc) is 2.47. The van der Waals surface area contributed by atoms with E-state index in [-0.39, 0.29) is 11.8 Å². The molecule has 1 unspecified atom stereocenters. The molecule has 2 aliphatic rings. The van der Waals surface area contributed by atoms with Gasteiger partial charge in [0.25, 0.3) is 0 Å². The number of piperidine rings is 1. The number of aryl methyl sites for hydroxylation is 1. The van der Waals surface area contributed by atoms with Gasteiger partial charge in [-0.1, -0.05) is 24.3 Å². The van der Waals surface area contributed by atoms with Crippen LogP contribution < -0.4 is 10.0 Å². The molecular weight excluding hydrogens is 284 g/mol. The lowest BCUT2D eigenvalue weighted by atomic mass is 9.89. The molecule has 1 aliphatic carbocycles. The van der Waals surface area contributed by atoms with E-state index < -0.39 is 10.0 Å². The Morgan fingerprint density at radius 1 is 1.10 bits per heavy atom. The maximum absolute atomic E-state index is 12.3. The smallest absolute Gasteiger partial charge is 0.212 e. The maximum Gasteiger partial charge on any atom is 0.212 e. The fraction of sp³-hybridized carbons (Fsp3) is 0.625. The van der Waals surface area contributed by atoms with Crippen LogP contribution in [0.2, 0.25) is 0 Å². The van der Waals surface area contributed by atoms with E-state index in [4.69, 9.17) is 0 Å². The first-order valence-corrected chi connectivity index (χ1v) is 9.55. The van der Waals surface area contributed by atoms with E-state index in [2.05, 4.69) is 28.2 Å². The van der Waals surface area contributed by atoms with Crippen molar-refractivity contribution in [1.82, 2.24) is 10.0 Å². The van der Waals surface area contributed by atoms with Crippen molar-refractivity contribution in [3.05, 3.63) is 35.4 Å². The molecule has 1 aliphatic heterocycles. The predicted molar refractivity (Wildman–Crippen MR) is 84.8 cm³/mol. The largest absolute Gasteiger partial charge is 0.317 e. The Hall–Kier alpha value is -0.910. The molecule has 1 atom stereocenters. The molecule has 1 heterocycles. The third-order valence-electron chi connectivity index (χ3n) is 4.61. The molecule has 1 aromatic carbocycles. The van der Waals surface area contributed by atoms with Crippen LogP contribution in [0.1, 0.15) is 30.4 Å². The van der Waals surface area contributed by atoms with Gasteiger partial charge in [-0.05, 0) is 62.2 Å². The minimum atomic E-state index is -3.16. The molecule has 0 aromatic heterocycles. The highest BCUT2D eigenvalue weighted by Crippen LogP contribution is 2.22. The highest BCUT2D eigenvalue weighted by atomic mass is 32.2. The Morgan fingerprint density at radius 2 is 1.81 bits per heavy atom. The van der Waals surface area contributed by atoms with Crippen molar-refractivity contribution in [1.29, 1.82) is 0 Å². The van der Waals surface area contributed by atoms with Gasteiger partial charge in [0.15, 0.2) is 0 Å².